The van der Waals surface area contributed by atoms with Gasteiger partial charge in [-0.3, -0.25) is 4.98 Å². The number of hydrogen-bond acceptors (Lipinski definition) is 2. The van der Waals surface area contributed by atoms with E-state index in [0.29, 0.717) is 19.6 Å². The second kappa shape index (κ2) is 8.04. The molecule has 0 unspecified atom stereocenters. The Balaban J connectivity index is 1.81. The molecule has 4 nitrogen and oxygen atoms in total. The van der Waals surface area contributed by atoms with Crippen LogP contribution in [0.25, 0.3) is 0 Å². The zero-order valence-electron chi connectivity index (χ0n) is 12.3. The lowest BCUT2D eigenvalue weighted by molar-refractivity contribution is 0.200. The van der Waals surface area contributed by atoms with E-state index >= 15 is 0 Å². The molecule has 0 aliphatic carbocycles. The van der Waals surface area contributed by atoms with Crippen molar-refractivity contribution < 1.29 is 4.79 Å². The number of rotatable bonds is 6. The van der Waals surface area contributed by atoms with Gasteiger partial charge in [0.25, 0.3) is 0 Å². The predicted octanol–water partition coefficient (Wildman–Crippen LogP) is 2.86. The summed E-state index contributed by atoms with van der Waals surface area (Å²) in [5.74, 6) is 0. The van der Waals surface area contributed by atoms with Gasteiger partial charge in [-0.15, -0.1) is 0 Å². The van der Waals surface area contributed by atoms with Crippen LogP contribution in [-0.4, -0.2) is 29.0 Å². The average Bonchev–Trinajstić information content (AvgIpc) is 2.55. The van der Waals surface area contributed by atoms with Crippen molar-refractivity contribution in [2.75, 3.05) is 13.1 Å². The van der Waals surface area contributed by atoms with Gasteiger partial charge >= 0.3 is 6.03 Å². The SMILES string of the molecule is CCN(CCc1ccncc1)C(=O)NCc1ccccc1. The summed E-state index contributed by atoms with van der Waals surface area (Å²) in [6, 6.07) is 13.9. The third kappa shape index (κ3) is 4.91. The van der Waals surface area contributed by atoms with Crippen molar-refractivity contribution in [3.63, 3.8) is 0 Å². The van der Waals surface area contributed by atoms with Crippen LogP contribution in [0.4, 0.5) is 4.79 Å². The van der Waals surface area contributed by atoms with Crippen LogP contribution in [-0.2, 0) is 13.0 Å². The van der Waals surface area contributed by atoms with Gasteiger partial charge < -0.3 is 10.2 Å². The van der Waals surface area contributed by atoms with Crippen molar-refractivity contribution in [2.45, 2.75) is 19.9 Å². The van der Waals surface area contributed by atoms with Crippen molar-refractivity contribution in [3.8, 4) is 0 Å². The molecule has 1 aromatic heterocycles. The zero-order valence-corrected chi connectivity index (χ0v) is 12.3. The lowest BCUT2D eigenvalue weighted by Crippen LogP contribution is -2.40. The van der Waals surface area contributed by atoms with E-state index in [2.05, 4.69) is 10.3 Å². The van der Waals surface area contributed by atoms with Crippen LogP contribution in [0.2, 0.25) is 0 Å². The second-order valence-corrected chi connectivity index (χ2v) is 4.83. The molecule has 0 atom stereocenters. The molecule has 4 heteroatoms. The predicted molar refractivity (Wildman–Crippen MR) is 83.9 cm³/mol. The maximum absolute atomic E-state index is 12.2. The molecular formula is C17H21N3O. The smallest absolute Gasteiger partial charge is 0.317 e. The molecule has 0 saturated carbocycles. The Morgan fingerprint density at radius 1 is 1.10 bits per heavy atom. The summed E-state index contributed by atoms with van der Waals surface area (Å²) in [4.78, 5) is 18.0. The summed E-state index contributed by atoms with van der Waals surface area (Å²) in [5.41, 5.74) is 2.30. The third-order valence-corrected chi connectivity index (χ3v) is 3.38. The highest BCUT2D eigenvalue weighted by atomic mass is 16.2. The largest absolute Gasteiger partial charge is 0.334 e. The second-order valence-electron chi connectivity index (χ2n) is 4.83. The first-order valence-corrected chi connectivity index (χ1v) is 7.25. The molecule has 0 fully saturated rings. The van der Waals surface area contributed by atoms with Crippen molar-refractivity contribution in [1.29, 1.82) is 0 Å². The van der Waals surface area contributed by atoms with Crippen LogP contribution >= 0.6 is 0 Å². The normalized spacial score (nSPS) is 10.1. The lowest BCUT2D eigenvalue weighted by atomic mass is 10.2. The molecule has 21 heavy (non-hydrogen) atoms. The Kier molecular flexibility index (Phi) is 5.76. The Morgan fingerprint density at radius 2 is 1.81 bits per heavy atom. The summed E-state index contributed by atoms with van der Waals surface area (Å²) < 4.78 is 0. The number of carbonyl (C=O) groups is 1. The monoisotopic (exact) mass is 283 g/mol. The van der Waals surface area contributed by atoms with E-state index in [-0.39, 0.29) is 6.03 Å². The minimum Gasteiger partial charge on any atom is -0.334 e. The lowest BCUT2D eigenvalue weighted by Gasteiger charge is -2.21. The van der Waals surface area contributed by atoms with E-state index in [0.717, 1.165) is 12.0 Å². The molecule has 0 saturated heterocycles. The summed E-state index contributed by atoms with van der Waals surface area (Å²) in [6.07, 6.45) is 4.40. The number of nitrogens with zero attached hydrogens (tertiary/aromatic N) is 2. The van der Waals surface area contributed by atoms with E-state index in [1.165, 1.54) is 5.56 Å². The van der Waals surface area contributed by atoms with Crippen molar-refractivity contribution >= 4 is 6.03 Å². The van der Waals surface area contributed by atoms with Crippen LogP contribution in [0, 0.1) is 0 Å². The van der Waals surface area contributed by atoms with Crippen LogP contribution in [0.3, 0.4) is 0 Å². The molecule has 110 valence electrons. The maximum Gasteiger partial charge on any atom is 0.317 e. The van der Waals surface area contributed by atoms with Gasteiger partial charge in [0.15, 0.2) is 0 Å². The molecule has 2 aromatic rings. The number of likely N-dealkylation sites (N-methyl/N-ethyl adjacent to an activating group) is 1. The van der Waals surface area contributed by atoms with Gasteiger partial charge in [0, 0.05) is 32.0 Å². The summed E-state index contributed by atoms with van der Waals surface area (Å²) >= 11 is 0. The van der Waals surface area contributed by atoms with Gasteiger partial charge in [0.2, 0.25) is 0 Å². The minimum atomic E-state index is -0.0181. The van der Waals surface area contributed by atoms with Crippen LogP contribution < -0.4 is 5.32 Å². The summed E-state index contributed by atoms with van der Waals surface area (Å²) in [5, 5.41) is 2.96. The Bertz CT molecular complexity index is 542. The molecule has 1 aromatic carbocycles. The number of benzene rings is 1. The van der Waals surface area contributed by atoms with E-state index in [1.54, 1.807) is 12.4 Å². The molecule has 1 N–H and O–H groups in total. The number of hydrogen-bond donors (Lipinski definition) is 1. The third-order valence-electron chi connectivity index (χ3n) is 3.38. The molecule has 0 aliphatic rings. The highest BCUT2D eigenvalue weighted by Crippen LogP contribution is 2.02. The Hall–Kier alpha value is -2.36. The maximum atomic E-state index is 12.2. The fourth-order valence-electron chi connectivity index (χ4n) is 2.10. The Labute approximate surface area is 125 Å². The number of urea groups is 1. The van der Waals surface area contributed by atoms with Gasteiger partial charge in [-0.25, -0.2) is 4.79 Å². The molecule has 0 radical (unpaired) electrons. The van der Waals surface area contributed by atoms with E-state index in [1.807, 2.05) is 54.3 Å². The molecule has 0 aliphatic heterocycles. The molecule has 0 spiro atoms. The molecule has 0 bridgehead atoms. The summed E-state index contributed by atoms with van der Waals surface area (Å²) in [6.45, 7) is 3.97. The van der Waals surface area contributed by atoms with E-state index in [9.17, 15) is 4.79 Å². The van der Waals surface area contributed by atoms with Gasteiger partial charge in [0.1, 0.15) is 0 Å². The summed E-state index contributed by atoms with van der Waals surface area (Å²) in [7, 11) is 0. The van der Waals surface area contributed by atoms with Gasteiger partial charge in [-0.1, -0.05) is 30.3 Å². The highest BCUT2D eigenvalue weighted by molar-refractivity contribution is 5.74. The first-order valence-electron chi connectivity index (χ1n) is 7.25. The molecular weight excluding hydrogens is 262 g/mol. The highest BCUT2D eigenvalue weighted by Gasteiger charge is 2.10. The van der Waals surface area contributed by atoms with Crippen molar-refractivity contribution in [3.05, 3.63) is 66.0 Å². The number of amides is 2. The quantitative estimate of drug-likeness (QED) is 0.886. The van der Waals surface area contributed by atoms with Crippen LogP contribution in [0.5, 0.6) is 0 Å². The fourth-order valence-corrected chi connectivity index (χ4v) is 2.10. The van der Waals surface area contributed by atoms with Crippen LogP contribution in [0.15, 0.2) is 54.9 Å². The number of aromatic nitrogens is 1. The first kappa shape index (κ1) is 15.0. The van der Waals surface area contributed by atoms with Crippen LogP contribution in [0.1, 0.15) is 18.1 Å². The molecule has 2 rings (SSSR count). The first-order chi connectivity index (χ1) is 10.3. The topological polar surface area (TPSA) is 45.2 Å². The minimum absolute atomic E-state index is 0.0181. The molecule has 2 amide bonds. The van der Waals surface area contributed by atoms with Gasteiger partial charge in [-0.05, 0) is 36.6 Å². The Morgan fingerprint density at radius 3 is 2.48 bits per heavy atom. The van der Waals surface area contributed by atoms with E-state index in [4.69, 9.17) is 0 Å². The fraction of sp³-hybridized carbons (Fsp3) is 0.294. The molecule has 1 heterocycles. The van der Waals surface area contributed by atoms with Crippen molar-refractivity contribution in [1.82, 2.24) is 15.2 Å². The van der Waals surface area contributed by atoms with E-state index < -0.39 is 0 Å². The van der Waals surface area contributed by atoms with Crippen molar-refractivity contribution in [2.24, 2.45) is 0 Å². The van der Waals surface area contributed by atoms with Gasteiger partial charge in [-0.2, -0.15) is 0 Å². The number of nitrogens with one attached hydrogen (secondary N) is 1. The van der Waals surface area contributed by atoms with Gasteiger partial charge in [0.05, 0.1) is 0 Å². The zero-order chi connectivity index (χ0) is 14.9. The average molecular weight is 283 g/mol. The standard InChI is InChI=1S/C17H21N3O/c1-2-20(13-10-15-8-11-18-12-9-15)17(21)19-14-16-6-4-3-5-7-16/h3-9,11-12H,2,10,13-14H2,1H3,(H,19,21). The number of carbonyl (C=O) groups excluding carboxylic acids is 1. The number of pyridine rings is 1.